The van der Waals surface area contributed by atoms with Crippen LogP contribution >= 0.6 is 24.0 Å². The fourth-order valence-corrected chi connectivity index (χ4v) is 3.86. The lowest BCUT2D eigenvalue weighted by atomic mass is 10.1. The number of thiocarbonyl (C=S) groups is 1. The fraction of sp³-hybridized carbons (Fsp3) is 0.167. The van der Waals surface area contributed by atoms with Crippen molar-refractivity contribution in [2.75, 3.05) is 6.54 Å². The molecule has 1 aromatic heterocycles. The van der Waals surface area contributed by atoms with Crippen molar-refractivity contribution in [2.24, 2.45) is 0 Å². The molecule has 0 atom stereocenters. The van der Waals surface area contributed by atoms with Gasteiger partial charge in [0.2, 0.25) is 0 Å². The number of rotatable bonds is 7. The molecule has 0 aliphatic carbocycles. The average molecular weight is 418 g/mol. The number of aliphatic carboxylic acids is 1. The van der Waals surface area contributed by atoms with Gasteiger partial charge in [-0.2, -0.15) is 0 Å². The van der Waals surface area contributed by atoms with E-state index in [0.717, 1.165) is 11.8 Å². The van der Waals surface area contributed by atoms with Crippen LogP contribution < -0.4 is 0 Å². The van der Waals surface area contributed by atoms with Crippen LogP contribution in [0.5, 0.6) is 0 Å². The number of nitro groups is 1. The summed E-state index contributed by atoms with van der Waals surface area (Å²) in [7, 11) is 0. The first-order valence-corrected chi connectivity index (χ1v) is 9.39. The standard InChI is InChI=1S/C18H14N2O6S2/c21-16(22)5-2-8-19-17(23)15(28-18(19)27)10-13-6-7-14(26-13)11-3-1-4-12(9-11)20(24)25/h1,3-4,6-7,9-10H,2,5,8H2,(H,21,22)/b15-10-. The number of nitrogens with zero attached hydrogens (tertiary/aromatic N) is 2. The van der Waals surface area contributed by atoms with E-state index in [-0.39, 0.29) is 24.6 Å². The van der Waals surface area contributed by atoms with E-state index in [1.54, 1.807) is 30.3 Å². The highest BCUT2D eigenvalue weighted by Gasteiger charge is 2.32. The van der Waals surface area contributed by atoms with Gasteiger partial charge in [-0.3, -0.25) is 24.6 Å². The smallest absolute Gasteiger partial charge is 0.303 e. The number of nitro benzene ring substituents is 1. The molecule has 0 radical (unpaired) electrons. The quantitative estimate of drug-likeness (QED) is 0.311. The normalized spacial score (nSPS) is 15.4. The highest BCUT2D eigenvalue weighted by molar-refractivity contribution is 8.26. The number of amides is 1. The lowest BCUT2D eigenvalue weighted by Crippen LogP contribution is -2.29. The Kier molecular flexibility index (Phi) is 5.90. The van der Waals surface area contributed by atoms with Crippen molar-refractivity contribution < 1.29 is 24.0 Å². The first kappa shape index (κ1) is 19.8. The monoisotopic (exact) mass is 418 g/mol. The minimum atomic E-state index is -0.926. The molecule has 0 saturated carbocycles. The summed E-state index contributed by atoms with van der Waals surface area (Å²) in [4.78, 5) is 35.3. The van der Waals surface area contributed by atoms with Gasteiger partial charge in [0.05, 0.1) is 9.83 Å². The largest absolute Gasteiger partial charge is 0.481 e. The van der Waals surface area contributed by atoms with Crippen LogP contribution in [0.4, 0.5) is 5.69 Å². The molecule has 8 nitrogen and oxygen atoms in total. The van der Waals surface area contributed by atoms with Crippen molar-refractivity contribution >= 4 is 51.9 Å². The summed E-state index contributed by atoms with van der Waals surface area (Å²) in [5.74, 6) is -0.377. The van der Waals surface area contributed by atoms with E-state index in [1.807, 2.05) is 0 Å². The van der Waals surface area contributed by atoms with Gasteiger partial charge < -0.3 is 9.52 Å². The van der Waals surface area contributed by atoms with Crippen LogP contribution in [0.15, 0.2) is 45.7 Å². The maximum Gasteiger partial charge on any atom is 0.303 e. The van der Waals surface area contributed by atoms with Crippen LogP contribution in [-0.2, 0) is 9.59 Å². The SMILES string of the molecule is O=C(O)CCCN1C(=O)/C(=C/c2ccc(-c3cccc([N+](=O)[O-])c3)o2)SC1=S. The number of benzene rings is 1. The van der Waals surface area contributed by atoms with Crippen molar-refractivity contribution in [3.05, 3.63) is 57.2 Å². The van der Waals surface area contributed by atoms with Gasteiger partial charge >= 0.3 is 5.97 Å². The molecule has 3 rings (SSSR count). The van der Waals surface area contributed by atoms with Crippen LogP contribution in [0.3, 0.4) is 0 Å². The number of furan rings is 1. The number of non-ortho nitro benzene ring substituents is 1. The van der Waals surface area contributed by atoms with E-state index in [1.165, 1.54) is 17.0 Å². The van der Waals surface area contributed by atoms with Crippen LogP contribution in [0, 0.1) is 10.1 Å². The van der Waals surface area contributed by atoms with Crippen LogP contribution in [0.1, 0.15) is 18.6 Å². The number of carbonyl (C=O) groups excluding carboxylic acids is 1. The zero-order valence-electron chi connectivity index (χ0n) is 14.4. The third kappa shape index (κ3) is 4.46. The molecule has 0 unspecified atom stereocenters. The predicted octanol–water partition coefficient (Wildman–Crippen LogP) is 3.92. The van der Waals surface area contributed by atoms with Crippen molar-refractivity contribution in [2.45, 2.75) is 12.8 Å². The highest BCUT2D eigenvalue weighted by atomic mass is 32.2. The van der Waals surface area contributed by atoms with Crippen LogP contribution in [0.2, 0.25) is 0 Å². The molecule has 1 fully saturated rings. The van der Waals surface area contributed by atoms with E-state index in [4.69, 9.17) is 21.7 Å². The van der Waals surface area contributed by atoms with Gasteiger partial charge in [0.25, 0.3) is 11.6 Å². The topological polar surface area (TPSA) is 114 Å². The van der Waals surface area contributed by atoms with Crippen molar-refractivity contribution in [1.82, 2.24) is 4.90 Å². The number of carboxylic acid groups (broad SMARTS) is 1. The molecular formula is C18H14N2O6S2. The Bertz CT molecular complexity index is 997. The van der Waals surface area contributed by atoms with E-state index in [9.17, 15) is 19.7 Å². The second kappa shape index (κ2) is 8.36. The maximum atomic E-state index is 12.5. The lowest BCUT2D eigenvalue weighted by Gasteiger charge is -2.13. The van der Waals surface area contributed by atoms with E-state index >= 15 is 0 Å². The van der Waals surface area contributed by atoms with Crippen molar-refractivity contribution in [3.63, 3.8) is 0 Å². The molecule has 28 heavy (non-hydrogen) atoms. The summed E-state index contributed by atoms with van der Waals surface area (Å²) in [6.45, 7) is 0.241. The van der Waals surface area contributed by atoms with Gasteiger partial charge in [-0.15, -0.1) is 0 Å². The van der Waals surface area contributed by atoms with Gasteiger partial charge in [-0.05, 0) is 18.6 Å². The Morgan fingerprint density at radius 2 is 2.14 bits per heavy atom. The summed E-state index contributed by atoms with van der Waals surface area (Å²) < 4.78 is 6.06. The van der Waals surface area contributed by atoms with E-state index in [0.29, 0.717) is 32.7 Å². The van der Waals surface area contributed by atoms with Gasteiger partial charge in [0, 0.05) is 36.7 Å². The summed E-state index contributed by atoms with van der Waals surface area (Å²) in [6, 6.07) is 9.38. The number of hydrogen-bond acceptors (Lipinski definition) is 7. The number of carboxylic acids is 1. The van der Waals surface area contributed by atoms with Crippen LogP contribution in [-0.4, -0.2) is 37.7 Å². The van der Waals surface area contributed by atoms with Gasteiger partial charge in [0.1, 0.15) is 15.8 Å². The minimum Gasteiger partial charge on any atom is -0.481 e. The van der Waals surface area contributed by atoms with Gasteiger partial charge in [-0.25, -0.2) is 0 Å². The second-order valence-electron chi connectivity index (χ2n) is 5.84. The Balaban J connectivity index is 1.75. The Hall–Kier alpha value is -2.98. The first-order valence-electron chi connectivity index (χ1n) is 8.17. The Morgan fingerprint density at radius 1 is 1.36 bits per heavy atom. The number of hydrogen-bond donors (Lipinski definition) is 1. The molecule has 144 valence electrons. The fourth-order valence-electron chi connectivity index (χ4n) is 2.57. The molecular weight excluding hydrogens is 404 g/mol. The first-order chi connectivity index (χ1) is 13.3. The van der Waals surface area contributed by atoms with Gasteiger partial charge in [-0.1, -0.05) is 36.1 Å². The molecule has 0 spiro atoms. The molecule has 1 aromatic carbocycles. The average Bonchev–Trinajstić information content (AvgIpc) is 3.22. The van der Waals surface area contributed by atoms with Crippen molar-refractivity contribution in [1.29, 1.82) is 0 Å². The third-order valence-corrected chi connectivity index (χ3v) is 5.27. The molecule has 0 bridgehead atoms. The Labute approximate surface area is 169 Å². The molecule has 2 heterocycles. The Morgan fingerprint density at radius 3 is 2.86 bits per heavy atom. The van der Waals surface area contributed by atoms with E-state index < -0.39 is 10.9 Å². The molecule has 10 heteroatoms. The number of carbonyl (C=O) groups is 2. The predicted molar refractivity (Wildman–Crippen MR) is 108 cm³/mol. The maximum absolute atomic E-state index is 12.5. The van der Waals surface area contributed by atoms with Gasteiger partial charge in [0.15, 0.2) is 0 Å². The highest BCUT2D eigenvalue weighted by Crippen LogP contribution is 2.34. The third-order valence-electron chi connectivity index (χ3n) is 3.89. The van der Waals surface area contributed by atoms with Crippen LogP contribution in [0.25, 0.3) is 17.4 Å². The molecule has 1 saturated heterocycles. The molecule has 1 amide bonds. The minimum absolute atomic E-state index is 0.0408. The number of thioether (sulfide) groups is 1. The van der Waals surface area contributed by atoms with E-state index in [2.05, 4.69) is 0 Å². The molecule has 1 N–H and O–H groups in total. The molecule has 1 aliphatic rings. The molecule has 1 aliphatic heterocycles. The zero-order chi connectivity index (χ0) is 20.3. The molecule has 2 aromatic rings. The second-order valence-corrected chi connectivity index (χ2v) is 7.52. The summed E-state index contributed by atoms with van der Waals surface area (Å²) in [5.41, 5.74) is 0.507. The summed E-state index contributed by atoms with van der Waals surface area (Å²) in [5, 5.41) is 19.6. The van der Waals surface area contributed by atoms with Crippen molar-refractivity contribution in [3.8, 4) is 11.3 Å². The lowest BCUT2D eigenvalue weighted by molar-refractivity contribution is -0.384. The summed E-state index contributed by atoms with van der Waals surface area (Å²) >= 11 is 6.31. The zero-order valence-corrected chi connectivity index (χ0v) is 16.0. The summed E-state index contributed by atoms with van der Waals surface area (Å²) in [6.07, 6.45) is 1.82.